The summed E-state index contributed by atoms with van der Waals surface area (Å²) < 4.78 is 1.94. The van der Waals surface area contributed by atoms with Crippen molar-refractivity contribution in [2.75, 3.05) is 31.1 Å². The number of imidazole rings is 1. The molecule has 2 atom stereocenters. The predicted octanol–water partition coefficient (Wildman–Crippen LogP) is 1.56. The predicted molar refractivity (Wildman–Crippen MR) is 107 cm³/mol. The molecule has 0 bridgehead atoms. The fourth-order valence-electron chi connectivity index (χ4n) is 4.37. The van der Waals surface area contributed by atoms with Crippen LogP contribution >= 0.6 is 0 Å². The van der Waals surface area contributed by atoms with E-state index in [-0.39, 0.29) is 17.9 Å². The number of carbonyl (C=O) groups is 2. The number of anilines is 1. The van der Waals surface area contributed by atoms with Crippen LogP contribution < -0.4 is 10.2 Å². The molecule has 2 aliphatic rings. The third-order valence-corrected chi connectivity index (χ3v) is 5.70. The van der Waals surface area contributed by atoms with Crippen molar-refractivity contribution in [1.29, 1.82) is 0 Å². The molecule has 0 saturated carbocycles. The van der Waals surface area contributed by atoms with E-state index in [2.05, 4.69) is 16.4 Å². The maximum atomic E-state index is 13.4. The summed E-state index contributed by atoms with van der Waals surface area (Å²) in [5, 5.41) is 3.34. The molecule has 0 radical (unpaired) electrons. The zero-order chi connectivity index (χ0) is 19.8. The van der Waals surface area contributed by atoms with E-state index in [1.165, 1.54) is 0 Å². The minimum absolute atomic E-state index is 0.0774. The lowest BCUT2D eigenvalue weighted by atomic mass is 10.0. The summed E-state index contributed by atoms with van der Waals surface area (Å²) in [4.78, 5) is 34.5. The molecule has 1 N–H and O–H groups in total. The molecule has 2 amide bonds. The van der Waals surface area contributed by atoms with Gasteiger partial charge in [-0.1, -0.05) is 6.07 Å². The molecular formula is C21H27N5O2. The van der Waals surface area contributed by atoms with Gasteiger partial charge >= 0.3 is 0 Å². The first-order valence-electron chi connectivity index (χ1n) is 9.84. The highest BCUT2D eigenvalue weighted by molar-refractivity contribution is 6.09. The minimum atomic E-state index is -0.610. The van der Waals surface area contributed by atoms with Gasteiger partial charge in [-0.15, -0.1) is 0 Å². The molecule has 2 saturated heterocycles. The number of rotatable bonds is 3. The molecule has 4 rings (SSSR count). The summed E-state index contributed by atoms with van der Waals surface area (Å²) in [5.41, 5.74) is 3.13. The van der Waals surface area contributed by atoms with E-state index in [1.807, 2.05) is 48.7 Å². The first-order valence-corrected chi connectivity index (χ1v) is 9.84. The minimum Gasteiger partial charge on any atom is -0.336 e. The molecule has 28 heavy (non-hydrogen) atoms. The molecule has 1 aromatic heterocycles. The van der Waals surface area contributed by atoms with E-state index in [0.29, 0.717) is 26.1 Å². The van der Waals surface area contributed by atoms with Gasteiger partial charge in [-0.3, -0.25) is 9.59 Å². The van der Waals surface area contributed by atoms with Crippen LogP contribution in [0, 0.1) is 19.8 Å². The zero-order valence-electron chi connectivity index (χ0n) is 16.7. The number of nitrogens with one attached hydrogen (secondary N) is 1. The molecule has 7 heteroatoms. The second-order valence-electron chi connectivity index (χ2n) is 7.82. The number of aryl methyl sites for hydroxylation is 3. The van der Waals surface area contributed by atoms with Gasteiger partial charge in [0.25, 0.3) is 0 Å². The van der Waals surface area contributed by atoms with E-state index in [1.54, 1.807) is 11.1 Å². The van der Waals surface area contributed by atoms with Crippen molar-refractivity contribution in [3.05, 3.63) is 47.5 Å². The Labute approximate surface area is 165 Å². The Morgan fingerprint density at radius 2 is 1.93 bits per heavy atom. The highest BCUT2D eigenvalue weighted by atomic mass is 16.2. The van der Waals surface area contributed by atoms with Crippen molar-refractivity contribution in [2.45, 2.75) is 26.3 Å². The SMILES string of the molecule is Cc1cc(C)cc(N2CCC(C(=O)N3CCNCC3c3nccn3C)C2=O)c1. The lowest BCUT2D eigenvalue weighted by Gasteiger charge is -2.37. The molecule has 7 nitrogen and oxygen atoms in total. The Bertz CT molecular complexity index is 886. The van der Waals surface area contributed by atoms with Crippen molar-refractivity contribution in [1.82, 2.24) is 19.8 Å². The normalized spacial score (nSPS) is 22.8. The number of hydrogen-bond donors (Lipinski definition) is 1. The van der Waals surface area contributed by atoms with E-state index < -0.39 is 5.92 Å². The summed E-state index contributed by atoms with van der Waals surface area (Å²) in [5.74, 6) is 0.0670. The number of amides is 2. The van der Waals surface area contributed by atoms with Gasteiger partial charge in [0.1, 0.15) is 17.8 Å². The van der Waals surface area contributed by atoms with Gasteiger partial charge < -0.3 is 19.7 Å². The van der Waals surface area contributed by atoms with Gasteiger partial charge in [-0.05, 0) is 43.5 Å². The second kappa shape index (κ2) is 7.39. The van der Waals surface area contributed by atoms with Crippen molar-refractivity contribution < 1.29 is 9.59 Å². The number of hydrogen-bond acceptors (Lipinski definition) is 4. The smallest absolute Gasteiger partial charge is 0.239 e. The quantitative estimate of drug-likeness (QED) is 0.820. The Morgan fingerprint density at radius 1 is 1.18 bits per heavy atom. The topological polar surface area (TPSA) is 70.5 Å². The molecule has 0 spiro atoms. The van der Waals surface area contributed by atoms with Crippen molar-refractivity contribution in [3.63, 3.8) is 0 Å². The first kappa shape index (κ1) is 18.7. The Balaban J connectivity index is 1.56. The first-order chi connectivity index (χ1) is 13.5. The summed E-state index contributed by atoms with van der Waals surface area (Å²) in [6.07, 6.45) is 4.19. The molecule has 2 aliphatic heterocycles. The van der Waals surface area contributed by atoms with E-state index in [0.717, 1.165) is 29.2 Å². The number of aromatic nitrogens is 2. The summed E-state index contributed by atoms with van der Waals surface area (Å²) in [6.45, 7) is 6.60. The fraction of sp³-hybridized carbons (Fsp3) is 0.476. The molecule has 2 fully saturated rings. The van der Waals surface area contributed by atoms with Crippen LogP contribution in [0.5, 0.6) is 0 Å². The standard InChI is InChI=1S/C21H27N5O2/c1-14-10-15(2)12-16(11-14)25-7-4-17(20(25)27)21(28)26-9-5-22-13-18(26)19-23-6-8-24(19)3/h6,8,10-12,17-18,22H,4-5,7,9,13H2,1-3H3. The molecule has 148 valence electrons. The third-order valence-electron chi connectivity index (χ3n) is 5.70. The number of nitrogens with zero attached hydrogens (tertiary/aromatic N) is 4. The number of piperazine rings is 1. The van der Waals surface area contributed by atoms with Crippen molar-refractivity contribution >= 4 is 17.5 Å². The maximum Gasteiger partial charge on any atom is 0.239 e. The molecule has 0 aliphatic carbocycles. The van der Waals surface area contributed by atoms with Gasteiger partial charge in [0.15, 0.2) is 0 Å². The van der Waals surface area contributed by atoms with Gasteiger partial charge in [0.2, 0.25) is 11.8 Å². The lowest BCUT2D eigenvalue weighted by molar-refractivity contribution is -0.142. The van der Waals surface area contributed by atoms with Crippen LogP contribution in [0.1, 0.15) is 29.4 Å². The number of benzene rings is 1. The van der Waals surface area contributed by atoms with Crippen LogP contribution in [-0.2, 0) is 16.6 Å². The zero-order valence-corrected chi connectivity index (χ0v) is 16.7. The van der Waals surface area contributed by atoms with Crippen LogP contribution in [0.15, 0.2) is 30.6 Å². The van der Waals surface area contributed by atoms with Gasteiger partial charge in [-0.25, -0.2) is 4.98 Å². The largest absolute Gasteiger partial charge is 0.336 e. The Kier molecular flexibility index (Phi) is 4.93. The van der Waals surface area contributed by atoms with Gasteiger partial charge in [0.05, 0.1) is 0 Å². The summed E-state index contributed by atoms with van der Waals surface area (Å²) in [7, 11) is 1.93. The van der Waals surface area contributed by atoms with Crippen LogP contribution in [0.25, 0.3) is 0 Å². The highest BCUT2D eigenvalue weighted by Crippen LogP contribution is 2.30. The van der Waals surface area contributed by atoms with Crippen molar-refractivity contribution in [2.24, 2.45) is 13.0 Å². The van der Waals surface area contributed by atoms with E-state index >= 15 is 0 Å². The maximum absolute atomic E-state index is 13.4. The van der Waals surface area contributed by atoms with E-state index in [4.69, 9.17) is 0 Å². The monoisotopic (exact) mass is 381 g/mol. The summed E-state index contributed by atoms with van der Waals surface area (Å²) in [6, 6.07) is 5.97. The Hall–Kier alpha value is -2.67. The van der Waals surface area contributed by atoms with Crippen LogP contribution in [0.2, 0.25) is 0 Å². The Morgan fingerprint density at radius 3 is 2.61 bits per heavy atom. The molecule has 1 aromatic carbocycles. The second-order valence-corrected chi connectivity index (χ2v) is 7.82. The molecule has 2 aromatic rings. The van der Waals surface area contributed by atoms with Crippen molar-refractivity contribution in [3.8, 4) is 0 Å². The van der Waals surface area contributed by atoms with Gasteiger partial charge in [-0.2, -0.15) is 0 Å². The average molecular weight is 381 g/mol. The average Bonchev–Trinajstić information content (AvgIpc) is 3.26. The van der Waals surface area contributed by atoms with Crippen LogP contribution in [-0.4, -0.2) is 52.4 Å². The molecular weight excluding hydrogens is 354 g/mol. The van der Waals surface area contributed by atoms with Crippen LogP contribution in [0.4, 0.5) is 5.69 Å². The van der Waals surface area contributed by atoms with Crippen LogP contribution in [0.3, 0.4) is 0 Å². The number of carbonyl (C=O) groups excluding carboxylic acids is 2. The van der Waals surface area contributed by atoms with Gasteiger partial charge in [0, 0.05) is 51.3 Å². The summed E-state index contributed by atoms with van der Waals surface area (Å²) >= 11 is 0. The fourth-order valence-corrected chi connectivity index (χ4v) is 4.37. The molecule has 2 unspecified atom stereocenters. The highest BCUT2D eigenvalue weighted by Gasteiger charge is 2.42. The third kappa shape index (κ3) is 3.30. The van der Waals surface area contributed by atoms with E-state index in [9.17, 15) is 9.59 Å². The molecule has 3 heterocycles. The lowest BCUT2D eigenvalue weighted by Crippen LogP contribution is -2.52.